The van der Waals surface area contributed by atoms with E-state index in [-0.39, 0.29) is 29.2 Å². The molecule has 2 amide bonds. The van der Waals surface area contributed by atoms with Crippen molar-refractivity contribution < 1.29 is 9.59 Å². The number of carbonyl (C=O) groups is 2. The zero-order valence-electron chi connectivity index (χ0n) is 17.7. The summed E-state index contributed by atoms with van der Waals surface area (Å²) in [6, 6.07) is 10.2. The van der Waals surface area contributed by atoms with Crippen LogP contribution in [0.3, 0.4) is 0 Å². The monoisotopic (exact) mass is 436 g/mol. The van der Waals surface area contributed by atoms with Crippen molar-refractivity contribution in [2.45, 2.75) is 25.3 Å². The van der Waals surface area contributed by atoms with Crippen LogP contribution >= 0.6 is 11.3 Å². The van der Waals surface area contributed by atoms with Crippen molar-refractivity contribution in [3.8, 4) is 0 Å². The second kappa shape index (κ2) is 7.30. The van der Waals surface area contributed by atoms with Crippen LogP contribution < -0.4 is 5.56 Å². The van der Waals surface area contributed by atoms with Gasteiger partial charge in [-0.25, -0.2) is 4.98 Å². The van der Waals surface area contributed by atoms with Gasteiger partial charge in [0.15, 0.2) is 0 Å². The number of hydrogen-bond acceptors (Lipinski definition) is 5. The molecule has 4 heterocycles. The quantitative estimate of drug-likeness (QED) is 0.619. The molecule has 0 N–H and O–H groups in total. The van der Waals surface area contributed by atoms with Crippen molar-refractivity contribution in [3.05, 3.63) is 63.0 Å². The zero-order chi connectivity index (χ0) is 21.9. The lowest BCUT2D eigenvalue weighted by atomic mass is 9.78. The van der Waals surface area contributed by atoms with E-state index in [1.807, 2.05) is 36.1 Å². The summed E-state index contributed by atoms with van der Waals surface area (Å²) in [5, 5.41) is 0.971. The minimum absolute atomic E-state index is 0.0366. The van der Waals surface area contributed by atoms with E-state index in [0.717, 1.165) is 27.3 Å². The molecular formula is C23H24N4O3S. The molecule has 2 aromatic heterocycles. The lowest BCUT2D eigenvalue weighted by Crippen LogP contribution is -2.54. The smallest absolute Gasteiger partial charge is 0.253 e. The molecule has 0 radical (unpaired) electrons. The van der Waals surface area contributed by atoms with E-state index in [2.05, 4.69) is 4.98 Å². The van der Waals surface area contributed by atoms with Crippen LogP contribution in [0, 0.1) is 12.8 Å². The van der Waals surface area contributed by atoms with Crippen molar-refractivity contribution in [1.82, 2.24) is 19.4 Å². The summed E-state index contributed by atoms with van der Waals surface area (Å²) in [6.07, 6.45) is 0.796. The van der Waals surface area contributed by atoms with Crippen molar-refractivity contribution in [2.24, 2.45) is 5.92 Å². The third-order valence-corrected chi connectivity index (χ3v) is 7.30. The first-order valence-corrected chi connectivity index (χ1v) is 11.2. The minimum Gasteiger partial charge on any atom is -0.347 e. The number of likely N-dealkylation sites (tertiary alicyclic amines) is 1. The Bertz CT molecular complexity index is 1260. The number of thiazole rings is 1. The van der Waals surface area contributed by atoms with Crippen LogP contribution in [0.25, 0.3) is 10.2 Å². The molecule has 1 saturated heterocycles. The van der Waals surface area contributed by atoms with Crippen molar-refractivity contribution in [2.75, 3.05) is 27.2 Å². The third-order valence-electron chi connectivity index (χ3n) is 6.37. The lowest BCUT2D eigenvalue weighted by Gasteiger charge is -2.46. The molecule has 0 spiro atoms. The van der Waals surface area contributed by atoms with Gasteiger partial charge < -0.3 is 9.80 Å². The van der Waals surface area contributed by atoms with Gasteiger partial charge in [-0.05, 0) is 37.6 Å². The zero-order valence-corrected chi connectivity index (χ0v) is 18.6. The van der Waals surface area contributed by atoms with Crippen LogP contribution in [-0.2, 0) is 4.79 Å². The van der Waals surface area contributed by atoms with E-state index in [0.29, 0.717) is 18.7 Å². The number of aromatic nitrogens is 2. The molecule has 31 heavy (non-hydrogen) atoms. The second-order valence-corrected chi connectivity index (χ2v) is 9.89. The van der Waals surface area contributed by atoms with Crippen molar-refractivity contribution >= 4 is 33.4 Å². The van der Waals surface area contributed by atoms with Gasteiger partial charge in [0.1, 0.15) is 6.04 Å². The average Bonchev–Trinajstić information content (AvgIpc) is 3.12. The van der Waals surface area contributed by atoms with Crippen LogP contribution in [0.1, 0.15) is 39.4 Å². The van der Waals surface area contributed by atoms with E-state index in [1.54, 1.807) is 36.1 Å². The van der Waals surface area contributed by atoms with Gasteiger partial charge in [0.2, 0.25) is 5.91 Å². The van der Waals surface area contributed by atoms with Gasteiger partial charge in [-0.1, -0.05) is 6.07 Å². The Morgan fingerprint density at radius 2 is 1.97 bits per heavy atom. The first-order valence-electron chi connectivity index (χ1n) is 10.4. The Balaban J connectivity index is 1.52. The van der Waals surface area contributed by atoms with Crippen LogP contribution in [0.4, 0.5) is 0 Å². The SMILES string of the molecule is Cc1nc2ccc(C(=O)N3C[C@H]4C[C@@H](C3)[C@H](C(=O)N(C)C)n3c4cccc3=O)cc2s1. The highest BCUT2D eigenvalue weighted by Gasteiger charge is 2.45. The van der Waals surface area contributed by atoms with E-state index in [4.69, 9.17) is 0 Å². The van der Waals surface area contributed by atoms with Gasteiger partial charge in [0.05, 0.1) is 15.2 Å². The third kappa shape index (κ3) is 3.26. The van der Waals surface area contributed by atoms with Crippen molar-refractivity contribution in [3.63, 3.8) is 0 Å². The number of amides is 2. The Kier molecular flexibility index (Phi) is 4.69. The molecule has 2 bridgehead atoms. The summed E-state index contributed by atoms with van der Waals surface area (Å²) in [5.74, 6) is -0.198. The first-order chi connectivity index (χ1) is 14.8. The largest absolute Gasteiger partial charge is 0.347 e. The highest BCUT2D eigenvalue weighted by atomic mass is 32.1. The summed E-state index contributed by atoms with van der Waals surface area (Å²) >= 11 is 1.58. The molecule has 0 aliphatic carbocycles. The molecule has 7 nitrogen and oxygen atoms in total. The molecule has 0 saturated carbocycles. The molecule has 1 fully saturated rings. The normalized spacial score (nSPS) is 22.3. The molecule has 8 heteroatoms. The van der Waals surface area contributed by atoms with Crippen LogP contribution in [0.2, 0.25) is 0 Å². The number of aryl methyl sites for hydroxylation is 1. The van der Waals surface area contributed by atoms with Gasteiger partial charge in [0.25, 0.3) is 11.5 Å². The van der Waals surface area contributed by atoms with E-state index >= 15 is 0 Å². The number of rotatable bonds is 2. The molecule has 3 aromatic rings. The van der Waals surface area contributed by atoms with Gasteiger partial charge >= 0.3 is 0 Å². The first kappa shape index (κ1) is 19.9. The maximum atomic E-state index is 13.4. The Labute approximate surface area is 183 Å². The highest BCUT2D eigenvalue weighted by Crippen LogP contribution is 2.42. The molecule has 1 aromatic carbocycles. The number of nitrogens with zero attached hydrogens (tertiary/aromatic N) is 4. The topological polar surface area (TPSA) is 75.5 Å². The summed E-state index contributed by atoms with van der Waals surface area (Å²) in [6.45, 7) is 2.96. The average molecular weight is 437 g/mol. The van der Waals surface area contributed by atoms with Crippen LogP contribution in [0.15, 0.2) is 41.2 Å². The van der Waals surface area contributed by atoms with Gasteiger partial charge in [-0.3, -0.25) is 19.0 Å². The molecule has 160 valence electrons. The number of likely N-dealkylation sites (N-methyl/N-ethyl adjacent to an activating group) is 1. The van der Waals surface area contributed by atoms with E-state index in [1.165, 1.54) is 11.0 Å². The van der Waals surface area contributed by atoms with E-state index in [9.17, 15) is 14.4 Å². The Hall–Kier alpha value is -3.00. The number of pyridine rings is 1. The second-order valence-electron chi connectivity index (χ2n) is 8.65. The maximum absolute atomic E-state index is 13.4. The summed E-state index contributed by atoms with van der Waals surface area (Å²) < 4.78 is 2.66. The molecule has 5 rings (SSSR count). The lowest BCUT2D eigenvalue weighted by molar-refractivity contribution is -0.135. The standard InChI is InChI=1S/C23H24N4O3S/c1-13-24-17-8-7-14(10-19(17)31-13)22(29)26-11-15-9-16(12-26)21(23(30)25(2)3)27-18(15)5-4-6-20(27)28/h4-8,10,15-16,21H,9,11-12H2,1-3H3/t15-,16+,21-/m1/s1. The molecule has 2 aliphatic heterocycles. The Morgan fingerprint density at radius 3 is 2.74 bits per heavy atom. The maximum Gasteiger partial charge on any atom is 0.253 e. The molecule has 3 atom stereocenters. The van der Waals surface area contributed by atoms with Crippen LogP contribution in [0.5, 0.6) is 0 Å². The number of piperidine rings is 1. The molecular weight excluding hydrogens is 412 g/mol. The van der Waals surface area contributed by atoms with E-state index < -0.39 is 6.04 Å². The van der Waals surface area contributed by atoms with Crippen molar-refractivity contribution in [1.29, 1.82) is 0 Å². The predicted octanol–water partition coefficient (Wildman–Crippen LogP) is 2.66. The fourth-order valence-corrected chi connectivity index (χ4v) is 5.90. The molecule has 0 unspecified atom stereocenters. The molecule has 2 aliphatic rings. The van der Waals surface area contributed by atoms with Gasteiger partial charge in [-0.2, -0.15) is 0 Å². The highest BCUT2D eigenvalue weighted by molar-refractivity contribution is 7.18. The van der Waals surface area contributed by atoms with Crippen LogP contribution in [-0.4, -0.2) is 58.4 Å². The van der Waals surface area contributed by atoms with Gasteiger partial charge in [-0.15, -0.1) is 11.3 Å². The number of benzene rings is 1. The Morgan fingerprint density at radius 1 is 1.16 bits per heavy atom. The fourth-order valence-electron chi connectivity index (χ4n) is 5.04. The number of hydrogen-bond donors (Lipinski definition) is 0. The number of carbonyl (C=O) groups excluding carboxylic acids is 2. The summed E-state index contributed by atoms with van der Waals surface area (Å²) in [7, 11) is 3.42. The fraction of sp³-hybridized carbons (Fsp3) is 0.391. The minimum atomic E-state index is -0.586. The number of fused-ring (bicyclic) bond motifs is 5. The predicted molar refractivity (Wildman–Crippen MR) is 120 cm³/mol. The summed E-state index contributed by atoms with van der Waals surface area (Å²) in [5.41, 5.74) is 2.23. The van der Waals surface area contributed by atoms with Gasteiger partial charge in [0, 0.05) is 56.3 Å². The summed E-state index contributed by atoms with van der Waals surface area (Å²) in [4.78, 5) is 47.0.